The minimum Gasteiger partial charge on any atom is -0.493 e. The molecule has 4 N–H and O–H groups in total. The molecule has 0 aliphatic carbocycles. The Morgan fingerprint density at radius 1 is 0.964 bits per heavy atom. The van der Waals surface area contributed by atoms with E-state index in [0.717, 1.165) is 18.2 Å². The normalized spacial score (nSPS) is 17.0. The van der Waals surface area contributed by atoms with Crippen LogP contribution in [0.2, 0.25) is 0 Å². The fourth-order valence-electron chi connectivity index (χ4n) is 3.31. The Labute approximate surface area is 158 Å². The van der Waals surface area contributed by atoms with Gasteiger partial charge in [-0.3, -0.25) is 9.11 Å². The minimum atomic E-state index is -5.06. The molecule has 1 unspecified atom stereocenters. The third-order valence-corrected chi connectivity index (χ3v) is 6.11. The lowest BCUT2D eigenvalue weighted by atomic mass is 10.0. The Balaban J connectivity index is 2.18. The van der Waals surface area contributed by atoms with Gasteiger partial charge >= 0.3 is 10.3 Å². The van der Waals surface area contributed by atoms with Crippen molar-refractivity contribution in [3.8, 4) is 5.88 Å². The Morgan fingerprint density at radius 2 is 1.64 bits per heavy atom. The van der Waals surface area contributed by atoms with Crippen molar-refractivity contribution in [2.45, 2.75) is 11.0 Å². The third kappa shape index (κ3) is 2.62. The predicted octanol–water partition coefficient (Wildman–Crippen LogP) is 1.41. The SMILES string of the molecule is O=S(=O)(O)c1cccc2c1c(C1=Nc3ccccc3C1O)c(O)n2S(=O)(=O)O. The zero-order chi connectivity index (χ0) is 20.4. The summed E-state index contributed by atoms with van der Waals surface area (Å²) in [4.78, 5) is 3.45. The number of para-hydroxylation sites is 1. The van der Waals surface area contributed by atoms with E-state index in [1.165, 1.54) is 0 Å². The second kappa shape index (κ2) is 5.86. The molecule has 0 spiro atoms. The van der Waals surface area contributed by atoms with E-state index in [2.05, 4.69) is 4.99 Å². The van der Waals surface area contributed by atoms with Crippen LogP contribution in [-0.4, -0.2) is 45.8 Å². The van der Waals surface area contributed by atoms with Crippen LogP contribution < -0.4 is 0 Å². The van der Waals surface area contributed by atoms with Crippen molar-refractivity contribution in [2.24, 2.45) is 4.99 Å². The molecule has 146 valence electrons. The Bertz CT molecular complexity index is 1390. The van der Waals surface area contributed by atoms with Gasteiger partial charge in [-0.1, -0.05) is 24.3 Å². The molecule has 1 aliphatic rings. The maximum atomic E-state index is 11.8. The summed E-state index contributed by atoms with van der Waals surface area (Å²) in [7, 11) is -9.92. The quantitative estimate of drug-likeness (QED) is 0.458. The molecule has 28 heavy (non-hydrogen) atoms. The highest BCUT2D eigenvalue weighted by molar-refractivity contribution is 7.86. The van der Waals surface area contributed by atoms with Gasteiger partial charge < -0.3 is 10.2 Å². The van der Waals surface area contributed by atoms with E-state index >= 15 is 0 Å². The van der Waals surface area contributed by atoms with Gasteiger partial charge in [0.15, 0.2) is 0 Å². The number of aliphatic hydroxyl groups excluding tert-OH is 1. The van der Waals surface area contributed by atoms with Crippen LogP contribution in [0.1, 0.15) is 17.2 Å². The van der Waals surface area contributed by atoms with E-state index in [1.807, 2.05) is 0 Å². The number of nitrogens with zero attached hydrogens (tertiary/aromatic N) is 2. The molecule has 2 aromatic carbocycles. The van der Waals surface area contributed by atoms with Crippen LogP contribution in [0, 0.1) is 0 Å². The molecule has 0 saturated carbocycles. The van der Waals surface area contributed by atoms with Gasteiger partial charge in [0.05, 0.1) is 22.5 Å². The molecule has 0 saturated heterocycles. The van der Waals surface area contributed by atoms with E-state index in [-0.39, 0.29) is 9.68 Å². The van der Waals surface area contributed by atoms with Gasteiger partial charge in [-0.15, -0.1) is 0 Å². The van der Waals surface area contributed by atoms with E-state index in [4.69, 9.17) is 0 Å². The van der Waals surface area contributed by atoms with Gasteiger partial charge in [0.2, 0.25) is 5.88 Å². The summed E-state index contributed by atoms with van der Waals surface area (Å²) in [6.45, 7) is 0. The van der Waals surface area contributed by atoms with E-state index < -0.39 is 53.8 Å². The van der Waals surface area contributed by atoms with Crippen LogP contribution in [0.3, 0.4) is 0 Å². The summed E-state index contributed by atoms with van der Waals surface area (Å²) >= 11 is 0. The van der Waals surface area contributed by atoms with Crippen molar-refractivity contribution < 1.29 is 36.2 Å². The smallest absolute Gasteiger partial charge is 0.366 e. The number of fused-ring (bicyclic) bond motifs is 2. The minimum absolute atomic E-state index is 0.102. The van der Waals surface area contributed by atoms with Gasteiger partial charge in [-0.25, -0.2) is 4.99 Å². The average molecular weight is 424 g/mol. The second-order valence-corrected chi connectivity index (χ2v) is 8.68. The molecular weight excluding hydrogens is 412 g/mol. The molecule has 3 aromatic rings. The Morgan fingerprint density at radius 3 is 2.25 bits per heavy atom. The molecule has 0 amide bonds. The first-order valence-electron chi connectivity index (χ1n) is 7.69. The van der Waals surface area contributed by atoms with Crippen molar-refractivity contribution >= 4 is 42.7 Å². The predicted molar refractivity (Wildman–Crippen MR) is 98.0 cm³/mol. The molecule has 0 radical (unpaired) electrons. The number of aliphatic hydroxyl groups is 1. The number of aromatic hydroxyl groups is 1. The van der Waals surface area contributed by atoms with Crippen LogP contribution in [-0.2, 0) is 20.4 Å². The zero-order valence-electron chi connectivity index (χ0n) is 13.8. The molecule has 2 heterocycles. The van der Waals surface area contributed by atoms with Crippen LogP contribution in [0.4, 0.5) is 5.69 Å². The topological polar surface area (TPSA) is 166 Å². The number of hydrogen-bond donors (Lipinski definition) is 4. The van der Waals surface area contributed by atoms with Gasteiger partial charge in [-0.2, -0.15) is 20.8 Å². The first kappa shape index (κ1) is 18.6. The molecule has 1 atom stereocenters. The maximum Gasteiger partial charge on any atom is 0.366 e. The van der Waals surface area contributed by atoms with Crippen LogP contribution in [0.5, 0.6) is 5.88 Å². The maximum absolute atomic E-state index is 11.8. The number of rotatable bonds is 3. The van der Waals surface area contributed by atoms with Crippen LogP contribution in [0.25, 0.3) is 10.9 Å². The van der Waals surface area contributed by atoms with Gasteiger partial charge in [0.1, 0.15) is 11.0 Å². The number of aliphatic imine (C=N–C) groups is 1. The number of hydrogen-bond acceptors (Lipinski definition) is 7. The molecule has 1 aromatic heterocycles. The molecule has 4 rings (SSSR count). The first-order valence-corrected chi connectivity index (χ1v) is 10.5. The van der Waals surface area contributed by atoms with Crippen molar-refractivity contribution in [1.82, 2.24) is 3.97 Å². The Hall–Kier alpha value is -2.77. The highest BCUT2D eigenvalue weighted by Gasteiger charge is 2.36. The van der Waals surface area contributed by atoms with Gasteiger partial charge in [-0.05, 0) is 18.2 Å². The fourth-order valence-corrected chi connectivity index (χ4v) is 4.74. The van der Waals surface area contributed by atoms with Crippen molar-refractivity contribution in [1.29, 1.82) is 0 Å². The standard InChI is InChI=1S/C16H12N2O8S2/c19-15-8-4-1-2-5-9(8)17-14(15)13-12-10(18(16(13)20)28(24,25)26)6-3-7-11(12)27(21,22)23/h1-7,15,19-20H,(H,21,22,23)(H,24,25,26). The molecular formula is C16H12N2O8S2. The van der Waals surface area contributed by atoms with E-state index in [1.54, 1.807) is 24.3 Å². The average Bonchev–Trinajstić information content (AvgIpc) is 3.07. The highest BCUT2D eigenvalue weighted by atomic mass is 32.2. The summed E-state index contributed by atoms with van der Waals surface area (Å²) in [6, 6.07) is 9.62. The largest absolute Gasteiger partial charge is 0.493 e. The molecule has 10 nitrogen and oxygen atoms in total. The lowest BCUT2D eigenvalue weighted by Gasteiger charge is -2.09. The summed E-state index contributed by atoms with van der Waals surface area (Å²) in [5.41, 5.74) is -0.404. The molecule has 0 fully saturated rings. The highest BCUT2D eigenvalue weighted by Crippen LogP contribution is 2.43. The second-order valence-electron chi connectivity index (χ2n) is 6.02. The summed E-state index contributed by atoms with van der Waals surface area (Å²) in [5.74, 6) is -1.06. The number of benzene rings is 2. The third-order valence-electron chi connectivity index (χ3n) is 4.39. The molecule has 0 bridgehead atoms. The van der Waals surface area contributed by atoms with Crippen molar-refractivity contribution in [2.75, 3.05) is 0 Å². The van der Waals surface area contributed by atoms with E-state index in [0.29, 0.717) is 11.3 Å². The summed E-state index contributed by atoms with van der Waals surface area (Å²) in [5, 5.41) is 20.7. The van der Waals surface area contributed by atoms with Gasteiger partial charge in [0.25, 0.3) is 10.1 Å². The number of aromatic nitrogens is 1. The summed E-state index contributed by atoms with van der Waals surface area (Å²) in [6.07, 6.45) is -1.41. The van der Waals surface area contributed by atoms with Gasteiger partial charge in [0, 0.05) is 10.9 Å². The van der Waals surface area contributed by atoms with Crippen molar-refractivity contribution in [3.05, 3.63) is 53.6 Å². The Kier molecular flexibility index (Phi) is 3.89. The lowest BCUT2D eigenvalue weighted by molar-refractivity contribution is 0.251. The molecule has 1 aliphatic heterocycles. The fraction of sp³-hybridized carbons (Fsp3) is 0.0625. The van der Waals surface area contributed by atoms with Crippen LogP contribution in [0.15, 0.2) is 52.4 Å². The molecule has 12 heteroatoms. The lowest BCUT2D eigenvalue weighted by Crippen LogP contribution is -2.12. The summed E-state index contributed by atoms with van der Waals surface area (Å²) < 4.78 is 66.5. The van der Waals surface area contributed by atoms with E-state index in [9.17, 15) is 36.2 Å². The first-order chi connectivity index (χ1) is 13.0. The monoisotopic (exact) mass is 424 g/mol. The zero-order valence-corrected chi connectivity index (χ0v) is 15.4. The van der Waals surface area contributed by atoms with Crippen LogP contribution >= 0.6 is 0 Å². The van der Waals surface area contributed by atoms with Crippen molar-refractivity contribution in [3.63, 3.8) is 0 Å².